The molecule has 1 aromatic carbocycles. The molecule has 4 nitrogen and oxygen atoms in total. The summed E-state index contributed by atoms with van der Waals surface area (Å²) in [7, 11) is 0. The Balaban J connectivity index is 2.55. The number of benzene rings is 1. The van der Waals surface area contributed by atoms with Crippen molar-refractivity contribution in [2.75, 3.05) is 0 Å². The molecule has 0 bridgehead atoms. The standard InChI is InChI=1S/C14H15NO3/c16-7-10-4-5-15-14(6-10)12-3-1-2-11(8-17)13(12)9-18/h1-6,16-18H,7-9H2. The first kappa shape index (κ1) is 12.7. The number of nitrogens with zero attached hydrogens (tertiary/aromatic N) is 1. The van der Waals surface area contributed by atoms with Gasteiger partial charge >= 0.3 is 0 Å². The predicted octanol–water partition coefficient (Wildman–Crippen LogP) is 1.23. The summed E-state index contributed by atoms with van der Waals surface area (Å²) in [6.07, 6.45) is 1.62. The molecule has 0 aliphatic carbocycles. The van der Waals surface area contributed by atoms with Crippen molar-refractivity contribution in [3.05, 3.63) is 53.2 Å². The molecule has 0 radical (unpaired) electrons. The number of pyridine rings is 1. The first-order chi connectivity index (χ1) is 8.80. The van der Waals surface area contributed by atoms with Crippen molar-refractivity contribution in [1.82, 2.24) is 4.98 Å². The lowest BCUT2D eigenvalue weighted by Crippen LogP contribution is -1.99. The third-order valence-corrected chi connectivity index (χ3v) is 2.88. The van der Waals surface area contributed by atoms with E-state index in [1.807, 2.05) is 12.1 Å². The molecule has 4 heteroatoms. The Kier molecular flexibility index (Phi) is 4.04. The Labute approximate surface area is 105 Å². The molecule has 1 heterocycles. The van der Waals surface area contributed by atoms with Gasteiger partial charge in [0.2, 0.25) is 0 Å². The molecular formula is C14H15NO3. The first-order valence-corrected chi connectivity index (χ1v) is 5.68. The Morgan fingerprint density at radius 3 is 2.44 bits per heavy atom. The minimum Gasteiger partial charge on any atom is -0.392 e. The number of hydrogen-bond acceptors (Lipinski definition) is 4. The molecule has 0 atom stereocenters. The molecule has 3 N–H and O–H groups in total. The average Bonchev–Trinajstić information content (AvgIpc) is 2.46. The number of aromatic nitrogens is 1. The molecule has 0 aliphatic rings. The fourth-order valence-electron chi connectivity index (χ4n) is 1.93. The van der Waals surface area contributed by atoms with Crippen LogP contribution in [-0.4, -0.2) is 20.3 Å². The second-order valence-corrected chi connectivity index (χ2v) is 3.97. The van der Waals surface area contributed by atoms with Crippen molar-refractivity contribution in [3.63, 3.8) is 0 Å². The maximum Gasteiger partial charge on any atom is 0.0709 e. The summed E-state index contributed by atoms with van der Waals surface area (Å²) in [6, 6.07) is 8.93. The van der Waals surface area contributed by atoms with Crippen LogP contribution in [0.1, 0.15) is 16.7 Å². The molecule has 1 aromatic heterocycles. The van der Waals surface area contributed by atoms with Crippen LogP contribution in [0.5, 0.6) is 0 Å². The van der Waals surface area contributed by atoms with Gasteiger partial charge in [0.1, 0.15) is 0 Å². The zero-order valence-electron chi connectivity index (χ0n) is 9.87. The van der Waals surface area contributed by atoms with Gasteiger partial charge in [-0.2, -0.15) is 0 Å². The minimum atomic E-state index is -0.156. The lowest BCUT2D eigenvalue weighted by atomic mass is 9.98. The fourth-order valence-corrected chi connectivity index (χ4v) is 1.93. The SMILES string of the molecule is OCc1ccnc(-c2cccc(CO)c2CO)c1. The summed E-state index contributed by atoms with van der Waals surface area (Å²) in [4.78, 5) is 4.24. The normalized spacial score (nSPS) is 10.6. The van der Waals surface area contributed by atoms with E-state index >= 15 is 0 Å². The van der Waals surface area contributed by atoms with Gasteiger partial charge in [-0.05, 0) is 28.8 Å². The van der Waals surface area contributed by atoms with Gasteiger partial charge in [-0.3, -0.25) is 4.98 Å². The van der Waals surface area contributed by atoms with Gasteiger partial charge in [0.15, 0.2) is 0 Å². The van der Waals surface area contributed by atoms with Crippen molar-refractivity contribution < 1.29 is 15.3 Å². The topological polar surface area (TPSA) is 73.6 Å². The highest BCUT2D eigenvalue weighted by Gasteiger charge is 2.10. The van der Waals surface area contributed by atoms with Crippen LogP contribution in [0.15, 0.2) is 36.5 Å². The van der Waals surface area contributed by atoms with E-state index in [2.05, 4.69) is 4.98 Å². The highest BCUT2D eigenvalue weighted by atomic mass is 16.3. The first-order valence-electron chi connectivity index (χ1n) is 5.68. The lowest BCUT2D eigenvalue weighted by Gasteiger charge is -2.11. The van der Waals surface area contributed by atoms with E-state index < -0.39 is 0 Å². The van der Waals surface area contributed by atoms with Crippen molar-refractivity contribution in [2.24, 2.45) is 0 Å². The summed E-state index contributed by atoms with van der Waals surface area (Å²) < 4.78 is 0. The summed E-state index contributed by atoms with van der Waals surface area (Å²) in [5.74, 6) is 0. The third-order valence-electron chi connectivity index (χ3n) is 2.88. The quantitative estimate of drug-likeness (QED) is 0.757. The van der Waals surface area contributed by atoms with Crippen LogP contribution in [-0.2, 0) is 19.8 Å². The van der Waals surface area contributed by atoms with Crippen molar-refractivity contribution in [3.8, 4) is 11.3 Å². The summed E-state index contributed by atoms with van der Waals surface area (Å²) in [5.41, 5.74) is 3.58. The van der Waals surface area contributed by atoms with Gasteiger partial charge in [0.05, 0.1) is 25.5 Å². The van der Waals surface area contributed by atoms with Crippen LogP contribution < -0.4 is 0 Å². The molecule has 0 saturated carbocycles. The van der Waals surface area contributed by atoms with E-state index in [1.165, 1.54) is 0 Å². The summed E-state index contributed by atoms with van der Waals surface area (Å²) in [5, 5.41) is 27.8. The number of aliphatic hydroxyl groups excluding tert-OH is 3. The van der Waals surface area contributed by atoms with Crippen LogP contribution in [0, 0.1) is 0 Å². The monoisotopic (exact) mass is 245 g/mol. The van der Waals surface area contributed by atoms with Crippen molar-refractivity contribution >= 4 is 0 Å². The highest BCUT2D eigenvalue weighted by molar-refractivity contribution is 5.65. The van der Waals surface area contributed by atoms with Crippen LogP contribution in [0.25, 0.3) is 11.3 Å². The molecule has 0 fully saturated rings. The minimum absolute atomic E-state index is 0.0519. The smallest absolute Gasteiger partial charge is 0.0709 e. The summed E-state index contributed by atoms with van der Waals surface area (Å²) >= 11 is 0. The van der Waals surface area contributed by atoms with E-state index in [-0.39, 0.29) is 19.8 Å². The van der Waals surface area contributed by atoms with Gasteiger partial charge < -0.3 is 15.3 Å². The summed E-state index contributed by atoms with van der Waals surface area (Å²) in [6.45, 7) is -0.329. The molecule has 2 aromatic rings. The zero-order chi connectivity index (χ0) is 13.0. The third kappa shape index (κ3) is 2.41. The molecular weight excluding hydrogens is 230 g/mol. The van der Waals surface area contributed by atoms with Crippen molar-refractivity contribution in [1.29, 1.82) is 0 Å². The van der Waals surface area contributed by atoms with E-state index in [9.17, 15) is 10.2 Å². The fraction of sp³-hybridized carbons (Fsp3) is 0.214. The maximum absolute atomic E-state index is 9.43. The maximum atomic E-state index is 9.43. The average molecular weight is 245 g/mol. The van der Waals surface area contributed by atoms with E-state index in [0.717, 1.165) is 11.1 Å². The second-order valence-electron chi connectivity index (χ2n) is 3.97. The zero-order valence-corrected chi connectivity index (χ0v) is 9.87. The molecule has 2 rings (SSSR count). The predicted molar refractivity (Wildman–Crippen MR) is 67.4 cm³/mol. The van der Waals surface area contributed by atoms with Gasteiger partial charge in [-0.1, -0.05) is 18.2 Å². The Morgan fingerprint density at radius 1 is 0.944 bits per heavy atom. The Morgan fingerprint density at radius 2 is 1.78 bits per heavy atom. The molecule has 0 aliphatic heterocycles. The van der Waals surface area contributed by atoms with Crippen molar-refractivity contribution in [2.45, 2.75) is 19.8 Å². The van der Waals surface area contributed by atoms with Gasteiger partial charge in [-0.15, -0.1) is 0 Å². The Hall–Kier alpha value is -1.75. The van der Waals surface area contributed by atoms with E-state index in [4.69, 9.17) is 5.11 Å². The van der Waals surface area contributed by atoms with Crippen LogP contribution in [0.3, 0.4) is 0 Å². The number of aliphatic hydroxyl groups is 3. The number of rotatable bonds is 4. The molecule has 94 valence electrons. The van der Waals surface area contributed by atoms with Crippen LogP contribution in [0.2, 0.25) is 0 Å². The molecule has 0 amide bonds. The van der Waals surface area contributed by atoms with Crippen LogP contribution in [0.4, 0.5) is 0 Å². The molecule has 18 heavy (non-hydrogen) atoms. The lowest BCUT2D eigenvalue weighted by molar-refractivity contribution is 0.260. The van der Waals surface area contributed by atoms with Gasteiger partial charge in [0, 0.05) is 11.8 Å². The van der Waals surface area contributed by atoms with Gasteiger partial charge in [0.25, 0.3) is 0 Å². The molecule has 0 spiro atoms. The number of hydrogen-bond donors (Lipinski definition) is 3. The molecule has 0 unspecified atom stereocenters. The van der Waals surface area contributed by atoms with Gasteiger partial charge in [-0.25, -0.2) is 0 Å². The highest BCUT2D eigenvalue weighted by Crippen LogP contribution is 2.25. The van der Waals surface area contributed by atoms with E-state index in [1.54, 1.807) is 24.4 Å². The largest absolute Gasteiger partial charge is 0.392 e. The van der Waals surface area contributed by atoms with E-state index in [0.29, 0.717) is 16.8 Å². The van der Waals surface area contributed by atoms with Crippen LogP contribution >= 0.6 is 0 Å². The Bertz CT molecular complexity index is 540. The molecule has 0 saturated heterocycles. The second kappa shape index (κ2) is 5.73.